The van der Waals surface area contributed by atoms with Crippen LogP contribution < -0.4 is 10.6 Å². The lowest BCUT2D eigenvalue weighted by Gasteiger charge is -2.23. The standard InChI is InChI=1S/C34H44N2/c1-21(2)29-16-12-17-30(22(3)4)33(29)35-25(9)27-14-11-15-28(20-27)26(10)36-34-31(23(5)6)18-13-19-32(34)24(7)8/h11-24,35-36H,9-10H2,1-8H3. The molecular formula is C34H44N2. The van der Waals surface area contributed by atoms with E-state index in [4.69, 9.17) is 0 Å². The summed E-state index contributed by atoms with van der Waals surface area (Å²) in [5, 5.41) is 7.35. The molecule has 0 aliphatic rings. The van der Waals surface area contributed by atoms with Crippen molar-refractivity contribution in [1.82, 2.24) is 0 Å². The quantitative estimate of drug-likeness (QED) is 0.301. The Morgan fingerprint density at radius 2 is 0.778 bits per heavy atom. The van der Waals surface area contributed by atoms with E-state index < -0.39 is 0 Å². The predicted octanol–water partition coefficient (Wildman–Crippen LogP) is 10.3. The van der Waals surface area contributed by atoms with Crippen molar-refractivity contribution >= 4 is 22.8 Å². The first-order valence-electron chi connectivity index (χ1n) is 13.3. The van der Waals surface area contributed by atoms with Gasteiger partial charge in [-0.1, -0.05) is 123 Å². The first-order chi connectivity index (χ1) is 17.0. The molecule has 3 aromatic rings. The van der Waals surface area contributed by atoms with E-state index in [1.54, 1.807) is 0 Å². The first kappa shape index (κ1) is 27.3. The summed E-state index contributed by atoms with van der Waals surface area (Å²) >= 11 is 0. The van der Waals surface area contributed by atoms with Crippen LogP contribution in [0.3, 0.4) is 0 Å². The molecule has 3 rings (SSSR count). The predicted molar refractivity (Wildman–Crippen MR) is 161 cm³/mol. The van der Waals surface area contributed by atoms with Gasteiger partial charge in [-0.2, -0.15) is 0 Å². The van der Waals surface area contributed by atoms with Gasteiger partial charge in [-0.25, -0.2) is 0 Å². The molecule has 36 heavy (non-hydrogen) atoms. The lowest BCUT2D eigenvalue weighted by molar-refractivity contribution is 0.838. The minimum atomic E-state index is 0.422. The number of hydrogen-bond acceptors (Lipinski definition) is 2. The minimum Gasteiger partial charge on any atom is -0.355 e. The largest absolute Gasteiger partial charge is 0.355 e. The van der Waals surface area contributed by atoms with Crippen LogP contribution in [0.2, 0.25) is 0 Å². The van der Waals surface area contributed by atoms with Gasteiger partial charge in [0, 0.05) is 22.8 Å². The maximum atomic E-state index is 4.42. The molecule has 190 valence electrons. The summed E-state index contributed by atoms with van der Waals surface area (Å²) in [5.74, 6) is 1.69. The first-order valence-corrected chi connectivity index (χ1v) is 13.3. The number of anilines is 2. The van der Waals surface area contributed by atoms with Gasteiger partial charge in [0.2, 0.25) is 0 Å². The molecule has 3 aromatic carbocycles. The summed E-state index contributed by atoms with van der Waals surface area (Å²) in [6.45, 7) is 26.8. The maximum Gasteiger partial charge on any atom is 0.0454 e. The van der Waals surface area contributed by atoms with Crippen molar-refractivity contribution in [3.8, 4) is 0 Å². The zero-order valence-corrected chi connectivity index (χ0v) is 23.5. The molecule has 0 aliphatic carbocycles. The van der Waals surface area contributed by atoms with Crippen LogP contribution in [0.4, 0.5) is 11.4 Å². The highest BCUT2D eigenvalue weighted by Crippen LogP contribution is 2.36. The number of rotatable bonds is 10. The van der Waals surface area contributed by atoms with Gasteiger partial charge in [-0.15, -0.1) is 0 Å². The van der Waals surface area contributed by atoms with Crippen LogP contribution in [0.1, 0.15) is 112 Å². The minimum absolute atomic E-state index is 0.422. The molecule has 0 atom stereocenters. The molecule has 0 aromatic heterocycles. The van der Waals surface area contributed by atoms with Crippen LogP contribution in [-0.4, -0.2) is 0 Å². The van der Waals surface area contributed by atoms with Gasteiger partial charge >= 0.3 is 0 Å². The summed E-state index contributed by atoms with van der Waals surface area (Å²) in [6, 6.07) is 21.7. The van der Waals surface area contributed by atoms with Crippen LogP contribution in [0, 0.1) is 0 Å². The normalized spacial score (nSPS) is 11.4. The van der Waals surface area contributed by atoms with Crippen LogP contribution in [0.5, 0.6) is 0 Å². The molecule has 2 heteroatoms. The van der Waals surface area contributed by atoms with Crippen LogP contribution in [0.15, 0.2) is 73.8 Å². The van der Waals surface area contributed by atoms with Crippen molar-refractivity contribution < 1.29 is 0 Å². The highest BCUT2D eigenvalue weighted by Gasteiger charge is 2.17. The van der Waals surface area contributed by atoms with Crippen molar-refractivity contribution in [2.75, 3.05) is 10.6 Å². The van der Waals surface area contributed by atoms with Gasteiger partial charge in [-0.3, -0.25) is 0 Å². The van der Waals surface area contributed by atoms with Crippen LogP contribution in [-0.2, 0) is 0 Å². The topological polar surface area (TPSA) is 24.1 Å². The third-order valence-electron chi connectivity index (χ3n) is 6.86. The van der Waals surface area contributed by atoms with Crippen molar-refractivity contribution in [1.29, 1.82) is 0 Å². The zero-order chi connectivity index (χ0) is 26.6. The van der Waals surface area contributed by atoms with Crippen molar-refractivity contribution in [2.45, 2.75) is 79.1 Å². The Balaban J connectivity index is 1.92. The third-order valence-corrected chi connectivity index (χ3v) is 6.86. The second kappa shape index (κ2) is 11.6. The molecule has 0 bridgehead atoms. The van der Waals surface area contributed by atoms with Crippen LogP contribution >= 0.6 is 0 Å². The summed E-state index contributed by atoms with van der Waals surface area (Å²) in [7, 11) is 0. The Kier molecular flexibility index (Phi) is 8.84. The Morgan fingerprint density at radius 1 is 0.500 bits per heavy atom. The molecule has 2 nitrogen and oxygen atoms in total. The van der Waals surface area contributed by atoms with Crippen molar-refractivity contribution in [3.05, 3.63) is 107 Å². The average Bonchev–Trinajstić information content (AvgIpc) is 2.83. The fourth-order valence-corrected chi connectivity index (χ4v) is 4.73. The molecule has 0 saturated carbocycles. The fraction of sp³-hybridized carbons (Fsp3) is 0.353. The summed E-state index contributed by atoms with van der Waals surface area (Å²) in [5.41, 5.74) is 11.5. The van der Waals surface area contributed by atoms with E-state index in [2.05, 4.69) is 140 Å². The third kappa shape index (κ3) is 6.10. The highest BCUT2D eigenvalue weighted by molar-refractivity contribution is 5.83. The average molecular weight is 481 g/mol. The zero-order valence-electron chi connectivity index (χ0n) is 23.5. The number of para-hydroxylation sites is 2. The summed E-state index contributed by atoms with van der Waals surface area (Å²) in [6.07, 6.45) is 0. The number of hydrogen-bond donors (Lipinski definition) is 2. The van der Waals surface area contributed by atoms with Gasteiger partial charge in [0.05, 0.1) is 0 Å². The van der Waals surface area contributed by atoms with E-state index >= 15 is 0 Å². The highest BCUT2D eigenvalue weighted by atomic mass is 14.9. The van der Waals surface area contributed by atoms with Gasteiger partial charge in [0.1, 0.15) is 0 Å². The number of benzene rings is 3. The van der Waals surface area contributed by atoms with E-state index in [1.165, 1.54) is 33.6 Å². The molecule has 2 N–H and O–H groups in total. The fourth-order valence-electron chi connectivity index (χ4n) is 4.73. The Hall–Kier alpha value is -3.26. The molecule has 0 fully saturated rings. The summed E-state index contributed by atoms with van der Waals surface area (Å²) < 4.78 is 0. The van der Waals surface area contributed by atoms with Gasteiger partial charge in [0.15, 0.2) is 0 Å². The maximum absolute atomic E-state index is 4.42. The van der Waals surface area contributed by atoms with Gasteiger partial charge < -0.3 is 10.6 Å². The van der Waals surface area contributed by atoms with Gasteiger partial charge in [0.25, 0.3) is 0 Å². The molecule has 0 aliphatic heterocycles. The molecule has 0 amide bonds. The Bertz CT molecular complexity index is 1080. The molecule has 0 spiro atoms. The van der Waals surface area contributed by atoms with E-state index in [9.17, 15) is 0 Å². The van der Waals surface area contributed by atoms with E-state index in [1.807, 2.05) is 0 Å². The van der Waals surface area contributed by atoms with Crippen molar-refractivity contribution in [3.63, 3.8) is 0 Å². The second-order valence-corrected chi connectivity index (χ2v) is 11.0. The van der Waals surface area contributed by atoms with Gasteiger partial charge in [-0.05, 0) is 63.1 Å². The lowest BCUT2D eigenvalue weighted by Crippen LogP contribution is -2.08. The molecular weight excluding hydrogens is 436 g/mol. The van der Waals surface area contributed by atoms with E-state index in [0.29, 0.717) is 23.7 Å². The molecule has 0 saturated heterocycles. The van der Waals surface area contributed by atoms with Crippen LogP contribution in [0.25, 0.3) is 11.4 Å². The Morgan fingerprint density at radius 3 is 1.06 bits per heavy atom. The van der Waals surface area contributed by atoms with E-state index in [0.717, 1.165) is 22.5 Å². The summed E-state index contributed by atoms with van der Waals surface area (Å²) in [4.78, 5) is 0. The monoisotopic (exact) mass is 480 g/mol. The second-order valence-electron chi connectivity index (χ2n) is 11.0. The van der Waals surface area contributed by atoms with Crippen molar-refractivity contribution in [2.24, 2.45) is 0 Å². The smallest absolute Gasteiger partial charge is 0.0454 e. The lowest BCUT2D eigenvalue weighted by atomic mass is 9.92. The Labute approximate surface area is 219 Å². The molecule has 0 radical (unpaired) electrons. The SMILES string of the molecule is C=C(Nc1c(C(C)C)cccc1C(C)C)c1cccc(C(=C)Nc2c(C(C)C)cccc2C(C)C)c1. The molecule has 0 unspecified atom stereocenters. The number of nitrogens with one attached hydrogen (secondary N) is 2. The van der Waals surface area contributed by atoms with E-state index in [-0.39, 0.29) is 0 Å². The molecule has 0 heterocycles.